The van der Waals surface area contributed by atoms with Crippen molar-refractivity contribution < 1.29 is 17.9 Å². The van der Waals surface area contributed by atoms with Crippen molar-refractivity contribution in [2.24, 2.45) is 0 Å². The molecule has 9 heteroatoms. The van der Waals surface area contributed by atoms with Crippen LogP contribution in [0.4, 0.5) is 19.0 Å². The van der Waals surface area contributed by atoms with Crippen LogP contribution in [0.15, 0.2) is 78.9 Å². The molecule has 6 nitrogen and oxygen atoms in total. The summed E-state index contributed by atoms with van der Waals surface area (Å²) >= 11 is 0. The number of hydrogen-bond donors (Lipinski definition) is 1. The van der Waals surface area contributed by atoms with E-state index >= 15 is 0 Å². The van der Waals surface area contributed by atoms with Gasteiger partial charge >= 0.3 is 6.36 Å². The highest BCUT2D eigenvalue weighted by atomic mass is 19.4. The van der Waals surface area contributed by atoms with Crippen molar-refractivity contribution >= 4 is 16.9 Å². The molecule has 0 spiro atoms. The average Bonchev–Trinajstić information content (AvgIpc) is 3.16. The molecule has 2 aromatic heterocycles. The maximum atomic E-state index is 12.4. The summed E-state index contributed by atoms with van der Waals surface area (Å²) in [6.07, 6.45) is -4.72. The number of rotatable bonds is 4. The molecule has 0 amide bonds. The van der Waals surface area contributed by atoms with Crippen LogP contribution in [0, 0.1) is 6.92 Å². The van der Waals surface area contributed by atoms with Crippen LogP contribution >= 0.6 is 0 Å². The van der Waals surface area contributed by atoms with E-state index in [9.17, 15) is 13.2 Å². The predicted octanol–water partition coefficient (Wildman–Crippen LogP) is 5.94. The number of ether oxygens (including phenoxy) is 1. The van der Waals surface area contributed by atoms with Crippen LogP contribution in [0.2, 0.25) is 0 Å². The minimum atomic E-state index is -4.72. The van der Waals surface area contributed by atoms with Gasteiger partial charge in [-0.15, -0.1) is 13.2 Å². The zero-order valence-electron chi connectivity index (χ0n) is 17.9. The molecule has 0 aliphatic rings. The molecule has 0 bridgehead atoms. The number of aromatic nitrogens is 4. The molecule has 0 aliphatic heterocycles. The summed E-state index contributed by atoms with van der Waals surface area (Å²) in [6, 6.07) is 22.7. The first-order chi connectivity index (χ1) is 16.3. The van der Waals surface area contributed by atoms with E-state index in [-0.39, 0.29) is 5.75 Å². The molecule has 2 N–H and O–H groups in total. The Bertz CT molecular complexity index is 1460. The monoisotopic (exact) mass is 461 g/mol. The van der Waals surface area contributed by atoms with Gasteiger partial charge in [0.05, 0.1) is 16.8 Å². The minimum absolute atomic E-state index is 0.266. The normalized spacial score (nSPS) is 11.6. The topological polar surface area (TPSA) is 78.8 Å². The number of hydrogen-bond acceptors (Lipinski definition) is 5. The number of nitrogen functional groups attached to an aromatic ring is 1. The Labute approximate surface area is 192 Å². The SMILES string of the molecule is Cc1nn(-c2ccc(-c3ccc(OC(F)(F)F)cc3)cc2)c2nc(-c3ccccc3)nc(N)c12. The molecule has 170 valence electrons. The summed E-state index contributed by atoms with van der Waals surface area (Å²) < 4.78 is 42.8. The summed E-state index contributed by atoms with van der Waals surface area (Å²) in [5.74, 6) is 0.591. The highest BCUT2D eigenvalue weighted by molar-refractivity contribution is 5.90. The standard InChI is InChI=1S/C25H18F3N5O/c1-15-21-22(29)30-23(18-5-3-2-4-6-18)31-24(21)33(32-15)19-11-7-16(8-12-19)17-9-13-20(14-10-17)34-25(26,27)28/h2-14H,1H3,(H2,29,30,31). The largest absolute Gasteiger partial charge is 0.573 e. The van der Waals surface area contributed by atoms with Crippen LogP contribution in [0.1, 0.15) is 5.69 Å². The molecule has 0 fully saturated rings. The summed E-state index contributed by atoms with van der Waals surface area (Å²) in [5, 5.41) is 5.30. The van der Waals surface area contributed by atoms with Gasteiger partial charge in [0.15, 0.2) is 11.5 Å². The number of anilines is 1. The molecule has 5 rings (SSSR count). The van der Waals surface area contributed by atoms with Gasteiger partial charge in [0.25, 0.3) is 0 Å². The quantitative estimate of drug-likeness (QED) is 0.358. The Morgan fingerprint density at radius 1 is 0.794 bits per heavy atom. The molecule has 0 unspecified atom stereocenters. The molecular weight excluding hydrogens is 443 g/mol. The average molecular weight is 461 g/mol. The molecule has 0 atom stereocenters. The van der Waals surface area contributed by atoms with Crippen molar-refractivity contribution in [1.29, 1.82) is 0 Å². The Morgan fingerprint density at radius 2 is 1.41 bits per heavy atom. The number of fused-ring (bicyclic) bond motifs is 1. The van der Waals surface area contributed by atoms with Gasteiger partial charge in [-0.05, 0) is 42.3 Å². The van der Waals surface area contributed by atoms with Crippen LogP contribution in [0.3, 0.4) is 0 Å². The number of alkyl halides is 3. The fourth-order valence-corrected chi connectivity index (χ4v) is 3.75. The predicted molar refractivity (Wildman–Crippen MR) is 123 cm³/mol. The van der Waals surface area contributed by atoms with Crippen molar-refractivity contribution in [3.8, 4) is 34.0 Å². The van der Waals surface area contributed by atoms with E-state index in [1.807, 2.05) is 61.5 Å². The van der Waals surface area contributed by atoms with Crippen LogP contribution in [0.25, 0.3) is 39.2 Å². The molecule has 0 aliphatic carbocycles. The Hall–Kier alpha value is -4.40. The highest BCUT2D eigenvalue weighted by Gasteiger charge is 2.31. The molecule has 2 heterocycles. The van der Waals surface area contributed by atoms with Gasteiger partial charge in [-0.1, -0.05) is 54.6 Å². The lowest BCUT2D eigenvalue weighted by Gasteiger charge is -2.10. The van der Waals surface area contributed by atoms with Gasteiger partial charge in [-0.25, -0.2) is 14.6 Å². The van der Waals surface area contributed by atoms with Gasteiger partial charge in [0.1, 0.15) is 11.6 Å². The lowest BCUT2D eigenvalue weighted by Crippen LogP contribution is -2.16. The van der Waals surface area contributed by atoms with Gasteiger partial charge in [-0.2, -0.15) is 5.10 Å². The van der Waals surface area contributed by atoms with Crippen LogP contribution in [0.5, 0.6) is 5.75 Å². The van der Waals surface area contributed by atoms with Crippen molar-refractivity contribution in [2.45, 2.75) is 13.3 Å². The zero-order valence-corrected chi connectivity index (χ0v) is 17.9. The highest BCUT2D eigenvalue weighted by Crippen LogP contribution is 2.30. The van der Waals surface area contributed by atoms with E-state index in [0.717, 1.165) is 22.4 Å². The zero-order chi connectivity index (χ0) is 23.9. The minimum Gasteiger partial charge on any atom is -0.406 e. The van der Waals surface area contributed by atoms with E-state index in [2.05, 4.69) is 14.8 Å². The maximum Gasteiger partial charge on any atom is 0.573 e. The van der Waals surface area contributed by atoms with E-state index in [1.54, 1.807) is 16.8 Å². The summed E-state index contributed by atoms with van der Waals surface area (Å²) in [5.41, 5.74) is 10.7. The smallest absolute Gasteiger partial charge is 0.406 e. The third-order valence-electron chi connectivity index (χ3n) is 5.30. The second-order valence-corrected chi connectivity index (χ2v) is 7.61. The first kappa shape index (κ1) is 21.4. The van der Waals surface area contributed by atoms with Crippen molar-refractivity contribution in [3.63, 3.8) is 0 Å². The second-order valence-electron chi connectivity index (χ2n) is 7.61. The molecule has 3 aromatic carbocycles. The van der Waals surface area contributed by atoms with Crippen LogP contribution < -0.4 is 10.5 Å². The third kappa shape index (κ3) is 4.15. The second kappa shape index (κ2) is 8.18. The number of nitrogens with zero attached hydrogens (tertiary/aromatic N) is 4. The maximum absolute atomic E-state index is 12.4. The first-order valence-electron chi connectivity index (χ1n) is 10.3. The molecule has 5 aromatic rings. The van der Waals surface area contributed by atoms with Crippen molar-refractivity contribution in [2.75, 3.05) is 5.73 Å². The van der Waals surface area contributed by atoms with Gasteiger partial charge in [0.2, 0.25) is 0 Å². The number of aryl methyl sites for hydroxylation is 1. The fraction of sp³-hybridized carbons (Fsp3) is 0.0800. The van der Waals surface area contributed by atoms with Gasteiger partial charge < -0.3 is 10.5 Å². The molecule has 0 saturated heterocycles. The Morgan fingerprint density at radius 3 is 2.03 bits per heavy atom. The van der Waals surface area contributed by atoms with E-state index in [1.165, 1.54) is 12.1 Å². The fourth-order valence-electron chi connectivity index (χ4n) is 3.75. The third-order valence-corrected chi connectivity index (χ3v) is 5.30. The Kier molecular flexibility index (Phi) is 5.16. The lowest BCUT2D eigenvalue weighted by molar-refractivity contribution is -0.274. The summed E-state index contributed by atoms with van der Waals surface area (Å²) in [7, 11) is 0. The number of nitrogens with two attached hydrogens (primary N) is 1. The summed E-state index contributed by atoms with van der Waals surface area (Å²) in [6.45, 7) is 1.85. The van der Waals surface area contributed by atoms with Crippen LogP contribution in [-0.4, -0.2) is 26.1 Å². The molecule has 0 saturated carbocycles. The van der Waals surface area contributed by atoms with Crippen molar-refractivity contribution in [1.82, 2.24) is 19.7 Å². The summed E-state index contributed by atoms with van der Waals surface area (Å²) in [4.78, 5) is 9.18. The van der Waals surface area contributed by atoms with Crippen LogP contribution in [-0.2, 0) is 0 Å². The van der Waals surface area contributed by atoms with Crippen molar-refractivity contribution in [3.05, 3.63) is 84.6 Å². The van der Waals surface area contributed by atoms with E-state index < -0.39 is 6.36 Å². The first-order valence-corrected chi connectivity index (χ1v) is 10.3. The number of halogens is 3. The molecule has 34 heavy (non-hydrogen) atoms. The van der Waals surface area contributed by atoms with Gasteiger partial charge in [-0.3, -0.25) is 0 Å². The molecular formula is C25H18F3N5O. The lowest BCUT2D eigenvalue weighted by atomic mass is 10.1. The molecule has 0 radical (unpaired) electrons. The Balaban J connectivity index is 1.50. The number of benzene rings is 3. The van der Waals surface area contributed by atoms with E-state index in [4.69, 9.17) is 10.7 Å². The van der Waals surface area contributed by atoms with Gasteiger partial charge in [0, 0.05) is 5.56 Å². The van der Waals surface area contributed by atoms with E-state index in [0.29, 0.717) is 28.4 Å².